The monoisotopic (exact) mass is 617 g/mol. The van der Waals surface area contributed by atoms with Crippen molar-refractivity contribution in [3.63, 3.8) is 0 Å². The number of hydrogen-bond donors (Lipinski definition) is 1. The lowest BCUT2D eigenvalue weighted by Gasteiger charge is -2.34. The van der Waals surface area contributed by atoms with E-state index in [1.54, 1.807) is 24.3 Å². The van der Waals surface area contributed by atoms with E-state index in [9.17, 15) is 18.0 Å². The number of fused-ring (bicyclic) bond motifs is 1. The highest BCUT2D eigenvalue weighted by molar-refractivity contribution is 7.92. The number of nitrogens with one attached hydrogen (secondary N) is 1. The van der Waals surface area contributed by atoms with Crippen LogP contribution in [-0.4, -0.2) is 50.0 Å². The summed E-state index contributed by atoms with van der Waals surface area (Å²) in [6.45, 7) is -0.346. The molecule has 1 atom stereocenters. The van der Waals surface area contributed by atoms with Gasteiger partial charge >= 0.3 is 0 Å². The maximum Gasteiger partial charge on any atom is 0.244 e. The molecule has 2 amide bonds. The van der Waals surface area contributed by atoms with E-state index in [0.717, 1.165) is 52.8 Å². The summed E-state index contributed by atoms with van der Waals surface area (Å²) in [7, 11) is -3.87. The van der Waals surface area contributed by atoms with Gasteiger partial charge < -0.3 is 10.2 Å². The van der Waals surface area contributed by atoms with Gasteiger partial charge in [0.05, 0.1) is 11.9 Å². The van der Waals surface area contributed by atoms with Crippen LogP contribution in [0.25, 0.3) is 10.8 Å². The second kappa shape index (κ2) is 13.6. The minimum Gasteiger partial charge on any atom is -0.352 e. The molecular weight excluding hydrogens is 582 g/mol. The number of carbonyl (C=O) groups excluding carboxylic acids is 2. The molecule has 1 fully saturated rings. The van der Waals surface area contributed by atoms with Crippen LogP contribution in [0.2, 0.25) is 5.02 Å². The highest BCUT2D eigenvalue weighted by Crippen LogP contribution is 2.29. The highest BCUT2D eigenvalue weighted by Gasteiger charge is 2.34. The molecule has 0 aliphatic heterocycles. The van der Waals surface area contributed by atoms with E-state index < -0.39 is 28.5 Å². The van der Waals surface area contributed by atoms with Crippen molar-refractivity contribution in [3.05, 3.63) is 113 Å². The van der Waals surface area contributed by atoms with Gasteiger partial charge in [0.1, 0.15) is 12.6 Å². The van der Waals surface area contributed by atoms with Gasteiger partial charge in [-0.25, -0.2) is 8.42 Å². The summed E-state index contributed by atoms with van der Waals surface area (Å²) in [5.74, 6) is -0.718. The number of carbonyl (C=O) groups is 2. The van der Waals surface area contributed by atoms with Crippen molar-refractivity contribution < 1.29 is 18.0 Å². The van der Waals surface area contributed by atoms with Crippen LogP contribution in [0.1, 0.15) is 36.8 Å². The predicted octanol–water partition coefficient (Wildman–Crippen LogP) is 5.96. The van der Waals surface area contributed by atoms with Crippen molar-refractivity contribution in [2.45, 2.75) is 50.7 Å². The lowest BCUT2D eigenvalue weighted by molar-refractivity contribution is -0.140. The molecule has 1 N–H and O–H groups in total. The number of amides is 2. The average Bonchev–Trinajstić information content (AvgIpc) is 3.51. The van der Waals surface area contributed by atoms with E-state index in [1.165, 1.54) is 4.90 Å². The lowest BCUT2D eigenvalue weighted by atomic mass is 10.0. The first-order chi connectivity index (χ1) is 20.7. The van der Waals surface area contributed by atoms with Crippen LogP contribution in [0.5, 0.6) is 0 Å². The third-order valence-electron chi connectivity index (χ3n) is 7.95. The summed E-state index contributed by atoms with van der Waals surface area (Å²) in [5, 5.41) is 5.31. The van der Waals surface area contributed by atoms with E-state index in [1.807, 2.05) is 72.8 Å². The molecule has 9 heteroatoms. The van der Waals surface area contributed by atoms with E-state index in [0.29, 0.717) is 16.1 Å². The van der Waals surface area contributed by atoms with Gasteiger partial charge in [-0.15, -0.1) is 0 Å². The topological polar surface area (TPSA) is 86.8 Å². The second-order valence-corrected chi connectivity index (χ2v) is 13.5. The number of hydrogen-bond acceptors (Lipinski definition) is 4. The number of anilines is 1. The molecule has 1 saturated carbocycles. The molecule has 4 aromatic rings. The van der Waals surface area contributed by atoms with Gasteiger partial charge in [0.2, 0.25) is 21.8 Å². The molecule has 5 rings (SSSR count). The average molecular weight is 618 g/mol. The number of rotatable bonds is 11. The Labute approximate surface area is 258 Å². The Kier molecular flexibility index (Phi) is 9.68. The minimum absolute atomic E-state index is 0.0569. The maximum atomic E-state index is 14.4. The van der Waals surface area contributed by atoms with Gasteiger partial charge in [0, 0.05) is 29.4 Å². The molecule has 0 spiro atoms. The number of nitrogens with zero attached hydrogens (tertiary/aromatic N) is 2. The smallest absolute Gasteiger partial charge is 0.244 e. The predicted molar refractivity (Wildman–Crippen MR) is 172 cm³/mol. The van der Waals surface area contributed by atoms with Gasteiger partial charge in [0.25, 0.3) is 0 Å². The Morgan fingerprint density at radius 2 is 1.51 bits per heavy atom. The highest BCUT2D eigenvalue weighted by atomic mass is 35.5. The molecule has 0 saturated heterocycles. The van der Waals surface area contributed by atoms with Crippen LogP contribution in [0.4, 0.5) is 5.69 Å². The molecule has 0 unspecified atom stereocenters. The van der Waals surface area contributed by atoms with E-state index in [2.05, 4.69) is 5.32 Å². The summed E-state index contributed by atoms with van der Waals surface area (Å²) >= 11 is 6.14. The molecule has 0 heterocycles. The molecule has 43 heavy (non-hydrogen) atoms. The first kappa shape index (κ1) is 30.6. The van der Waals surface area contributed by atoms with Gasteiger partial charge in [-0.05, 0) is 47.6 Å². The second-order valence-electron chi connectivity index (χ2n) is 11.1. The summed E-state index contributed by atoms with van der Waals surface area (Å²) in [5.41, 5.74) is 2.09. The van der Waals surface area contributed by atoms with Gasteiger partial charge in [0.15, 0.2) is 0 Å². The standard InChI is InChI=1S/C34H36ClN3O4S/c1-43(41,42)38(31-17-9-13-27-12-5-8-16-30(27)31)24-33(39)37(23-26-18-20-28(35)21-19-26)32(22-25-10-3-2-4-11-25)34(40)36-29-14-6-7-15-29/h2-5,8-13,16-21,29,32H,6-7,14-15,22-24H2,1H3,(H,36,40)/t32-/m1/s1. The van der Waals surface area contributed by atoms with Gasteiger partial charge in [-0.2, -0.15) is 0 Å². The van der Waals surface area contributed by atoms with Crippen molar-refractivity contribution in [1.29, 1.82) is 0 Å². The van der Waals surface area contributed by atoms with Gasteiger partial charge in [-0.3, -0.25) is 13.9 Å². The van der Waals surface area contributed by atoms with Crippen molar-refractivity contribution in [2.75, 3.05) is 17.1 Å². The Morgan fingerprint density at radius 3 is 2.21 bits per heavy atom. The van der Waals surface area contributed by atoms with E-state index in [-0.39, 0.29) is 24.9 Å². The fourth-order valence-electron chi connectivity index (χ4n) is 5.73. The maximum absolute atomic E-state index is 14.4. The van der Waals surface area contributed by atoms with Crippen molar-refractivity contribution in [3.8, 4) is 0 Å². The SMILES string of the molecule is CS(=O)(=O)N(CC(=O)N(Cc1ccc(Cl)cc1)[C@H](Cc1ccccc1)C(=O)NC1CCCC1)c1cccc2ccccc12. The molecule has 1 aliphatic rings. The van der Waals surface area contributed by atoms with Gasteiger partial charge in [-0.1, -0.05) is 103 Å². The molecular formula is C34H36ClN3O4S. The summed E-state index contributed by atoms with van der Waals surface area (Å²) < 4.78 is 27.6. The van der Waals surface area contributed by atoms with Crippen LogP contribution in [-0.2, 0) is 32.6 Å². The van der Waals surface area contributed by atoms with Crippen LogP contribution < -0.4 is 9.62 Å². The summed E-state index contributed by atoms with van der Waals surface area (Å²) in [6.07, 6.45) is 5.29. The third kappa shape index (κ3) is 7.75. The van der Waals surface area contributed by atoms with Crippen molar-refractivity contribution >= 4 is 49.9 Å². The first-order valence-electron chi connectivity index (χ1n) is 14.5. The van der Waals surface area contributed by atoms with Crippen LogP contribution in [0.3, 0.4) is 0 Å². The van der Waals surface area contributed by atoms with Crippen LogP contribution in [0, 0.1) is 0 Å². The Hall–Kier alpha value is -3.88. The first-order valence-corrected chi connectivity index (χ1v) is 16.8. The quantitative estimate of drug-likeness (QED) is 0.225. The third-order valence-corrected chi connectivity index (χ3v) is 9.33. The summed E-state index contributed by atoms with van der Waals surface area (Å²) in [4.78, 5) is 29.8. The Balaban J connectivity index is 1.54. The zero-order valence-electron chi connectivity index (χ0n) is 24.2. The van der Waals surface area contributed by atoms with Crippen molar-refractivity contribution in [1.82, 2.24) is 10.2 Å². The Bertz CT molecular complexity index is 1670. The lowest BCUT2D eigenvalue weighted by Crippen LogP contribution is -2.54. The zero-order chi connectivity index (χ0) is 30.4. The fourth-order valence-corrected chi connectivity index (χ4v) is 6.72. The molecule has 0 bridgehead atoms. The normalized spacial score (nSPS) is 14.4. The number of sulfonamides is 1. The zero-order valence-corrected chi connectivity index (χ0v) is 25.7. The summed E-state index contributed by atoms with van der Waals surface area (Å²) in [6, 6.07) is 28.7. The van der Waals surface area contributed by atoms with E-state index >= 15 is 0 Å². The fraction of sp³-hybridized carbons (Fsp3) is 0.294. The number of benzene rings is 4. The van der Waals surface area contributed by atoms with Crippen molar-refractivity contribution in [2.24, 2.45) is 0 Å². The van der Waals surface area contributed by atoms with Crippen LogP contribution >= 0.6 is 11.6 Å². The van der Waals surface area contributed by atoms with Crippen LogP contribution in [0.15, 0.2) is 97.1 Å². The number of halogens is 1. The molecule has 0 aromatic heterocycles. The largest absolute Gasteiger partial charge is 0.352 e. The Morgan fingerprint density at radius 1 is 0.860 bits per heavy atom. The molecule has 224 valence electrons. The molecule has 4 aromatic carbocycles. The van der Waals surface area contributed by atoms with E-state index in [4.69, 9.17) is 11.6 Å². The molecule has 0 radical (unpaired) electrons. The minimum atomic E-state index is -3.87. The molecule has 1 aliphatic carbocycles. The molecule has 7 nitrogen and oxygen atoms in total.